The smallest absolute Gasteiger partial charge is 0.306 e. The second kappa shape index (κ2) is 46.3. The number of carbonyl (C=O) groups excluding carboxylic acids is 3. The van der Waals surface area contributed by atoms with Crippen LogP contribution in [0.5, 0.6) is 0 Å². The van der Waals surface area contributed by atoms with Crippen LogP contribution >= 0.6 is 0 Å². The van der Waals surface area contributed by atoms with Gasteiger partial charge >= 0.3 is 17.9 Å². The van der Waals surface area contributed by atoms with Gasteiger partial charge in [0.2, 0.25) is 0 Å². The molecule has 0 rings (SSSR count). The van der Waals surface area contributed by atoms with Crippen LogP contribution in [0.2, 0.25) is 0 Å². The van der Waals surface area contributed by atoms with Gasteiger partial charge in [-0.25, -0.2) is 0 Å². The van der Waals surface area contributed by atoms with E-state index in [0.29, 0.717) is 19.3 Å². The molecule has 0 aromatic carbocycles. The second-order valence-electron chi connectivity index (χ2n) is 15.3. The summed E-state index contributed by atoms with van der Waals surface area (Å²) in [5, 5.41) is 0. The third kappa shape index (κ3) is 43.7. The van der Waals surface area contributed by atoms with Gasteiger partial charge in [-0.05, 0) is 89.9 Å². The maximum Gasteiger partial charge on any atom is 0.306 e. The van der Waals surface area contributed by atoms with E-state index in [1.54, 1.807) is 0 Å². The lowest BCUT2D eigenvalue weighted by molar-refractivity contribution is -0.167. The molecule has 0 saturated carbocycles. The lowest BCUT2D eigenvalue weighted by Crippen LogP contribution is -2.30. The van der Waals surface area contributed by atoms with Crippen molar-refractivity contribution >= 4 is 17.9 Å². The number of rotatable bonds is 41. The lowest BCUT2D eigenvalue weighted by Gasteiger charge is -2.18. The molecule has 0 fully saturated rings. The molecule has 6 nitrogen and oxygen atoms in total. The Hall–Kier alpha value is -3.41. The normalized spacial score (nSPS) is 12.8. The minimum absolute atomic E-state index is 0.0888. The van der Waals surface area contributed by atoms with Crippen LogP contribution in [0.1, 0.15) is 207 Å². The zero-order valence-corrected chi connectivity index (χ0v) is 37.5. The van der Waals surface area contributed by atoms with E-state index in [1.165, 1.54) is 38.5 Å². The first-order valence-electron chi connectivity index (χ1n) is 23.6. The van der Waals surface area contributed by atoms with E-state index in [2.05, 4.69) is 106 Å². The third-order valence-electron chi connectivity index (χ3n) is 9.61. The molecule has 6 heteroatoms. The molecule has 0 aromatic rings. The van der Waals surface area contributed by atoms with E-state index >= 15 is 0 Å². The van der Waals surface area contributed by atoms with Gasteiger partial charge in [0.1, 0.15) is 13.2 Å². The number of ether oxygens (including phenoxy) is 3. The maximum atomic E-state index is 12.7. The standard InChI is InChI=1S/C52H86O6/c1-4-7-10-13-16-18-20-21-22-23-24-25-26-27-28-29-30-31-32-34-36-39-42-45-51(54)57-48-49(47-56-50(53)44-41-38-35-15-12-9-6-3)58-52(55)46-43-40-37-33-19-17-14-11-8-5-2/h7,10-11,14,16,18,21-22,24-25,27-28,30-31,49H,4-6,8-9,12-13,15,17,19-20,23,26,29,32-48H2,1-3H3/b10-7-,14-11-,18-16-,22-21-,25-24-,28-27-,31-30-. The lowest BCUT2D eigenvalue weighted by atomic mass is 10.1. The van der Waals surface area contributed by atoms with Crippen molar-refractivity contribution in [3.05, 3.63) is 85.1 Å². The highest BCUT2D eigenvalue weighted by atomic mass is 16.6. The molecule has 0 saturated heterocycles. The number of carbonyl (C=O) groups is 3. The Morgan fingerprint density at radius 2 is 0.707 bits per heavy atom. The van der Waals surface area contributed by atoms with E-state index in [9.17, 15) is 14.4 Å². The quantitative estimate of drug-likeness (QED) is 0.0265. The molecule has 0 amide bonds. The summed E-state index contributed by atoms with van der Waals surface area (Å²) in [5.74, 6) is -0.940. The molecule has 0 bridgehead atoms. The van der Waals surface area contributed by atoms with Crippen molar-refractivity contribution in [2.45, 2.75) is 213 Å². The first-order valence-corrected chi connectivity index (χ1v) is 23.6. The van der Waals surface area contributed by atoms with Crippen molar-refractivity contribution in [3.8, 4) is 0 Å². The molecule has 58 heavy (non-hydrogen) atoms. The zero-order valence-electron chi connectivity index (χ0n) is 37.5. The van der Waals surface area contributed by atoms with Crippen LogP contribution in [-0.4, -0.2) is 37.2 Å². The van der Waals surface area contributed by atoms with Gasteiger partial charge in [0.25, 0.3) is 0 Å². The molecule has 0 radical (unpaired) electrons. The summed E-state index contributed by atoms with van der Waals surface area (Å²) >= 11 is 0. The van der Waals surface area contributed by atoms with Gasteiger partial charge in [0, 0.05) is 19.3 Å². The predicted octanol–water partition coefficient (Wildman–Crippen LogP) is 15.3. The van der Waals surface area contributed by atoms with E-state index in [-0.39, 0.29) is 31.1 Å². The molecule has 0 aliphatic rings. The van der Waals surface area contributed by atoms with Gasteiger partial charge in [-0.1, -0.05) is 183 Å². The Kier molecular flexibility index (Phi) is 43.6. The van der Waals surface area contributed by atoms with Crippen molar-refractivity contribution in [2.24, 2.45) is 0 Å². The van der Waals surface area contributed by atoms with Crippen LogP contribution in [0.25, 0.3) is 0 Å². The van der Waals surface area contributed by atoms with Crippen LogP contribution < -0.4 is 0 Å². The second-order valence-corrected chi connectivity index (χ2v) is 15.3. The van der Waals surface area contributed by atoms with Crippen molar-refractivity contribution in [1.29, 1.82) is 0 Å². The average Bonchev–Trinajstić information content (AvgIpc) is 3.22. The Morgan fingerprint density at radius 1 is 0.362 bits per heavy atom. The number of esters is 3. The van der Waals surface area contributed by atoms with Crippen molar-refractivity contribution < 1.29 is 28.6 Å². The van der Waals surface area contributed by atoms with Gasteiger partial charge in [-0.3, -0.25) is 14.4 Å². The summed E-state index contributed by atoms with van der Waals surface area (Å²) in [5.41, 5.74) is 0. The minimum atomic E-state index is -0.786. The fourth-order valence-corrected chi connectivity index (χ4v) is 6.09. The summed E-state index contributed by atoms with van der Waals surface area (Å²) in [6.07, 6.45) is 58.7. The average molecular weight is 807 g/mol. The zero-order chi connectivity index (χ0) is 42.3. The summed E-state index contributed by atoms with van der Waals surface area (Å²) in [7, 11) is 0. The van der Waals surface area contributed by atoms with E-state index < -0.39 is 6.10 Å². The van der Waals surface area contributed by atoms with Crippen LogP contribution in [0, 0.1) is 0 Å². The van der Waals surface area contributed by atoms with E-state index in [0.717, 1.165) is 128 Å². The Labute approximate surface area is 356 Å². The SMILES string of the molecule is CC/C=C\C/C=C\C/C=C\C/C=C\C/C=C\C/C=C\CCCCCCC(=O)OCC(COC(=O)CCCCCCCCC)OC(=O)CCCCCCC/C=C\CCC. The van der Waals surface area contributed by atoms with E-state index in [4.69, 9.17) is 14.2 Å². The molecule has 0 aromatic heterocycles. The third-order valence-corrected chi connectivity index (χ3v) is 9.61. The largest absolute Gasteiger partial charge is 0.462 e. The number of unbranched alkanes of at least 4 members (excludes halogenated alkanes) is 16. The van der Waals surface area contributed by atoms with Gasteiger partial charge in [0.05, 0.1) is 0 Å². The van der Waals surface area contributed by atoms with Gasteiger partial charge in [-0.2, -0.15) is 0 Å². The van der Waals surface area contributed by atoms with Gasteiger partial charge in [0.15, 0.2) is 6.10 Å². The Balaban J connectivity index is 4.28. The number of allylic oxidation sites excluding steroid dienone is 14. The topological polar surface area (TPSA) is 78.9 Å². The highest BCUT2D eigenvalue weighted by molar-refractivity contribution is 5.71. The molecule has 0 aliphatic heterocycles. The molecule has 0 spiro atoms. The van der Waals surface area contributed by atoms with Crippen LogP contribution in [-0.2, 0) is 28.6 Å². The molecule has 0 heterocycles. The first-order chi connectivity index (χ1) is 28.5. The van der Waals surface area contributed by atoms with Crippen LogP contribution in [0.15, 0.2) is 85.1 Å². The molecule has 0 N–H and O–H groups in total. The van der Waals surface area contributed by atoms with Crippen molar-refractivity contribution in [1.82, 2.24) is 0 Å². The van der Waals surface area contributed by atoms with Crippen LogP contribution in [0.4, 0.5) is 0 Å². The summed E-state index contributed by atoms with van der Waals surface area (Å²) < 4.78 is 16.6. The maximum absolute atomic E-state index is 12.7. The Bertz CT molecular complexity index is 1160. The van der Waals surface area contributed by atoms with Gasteiger partial charge in [-0.15, -0.1) is 0 Å². The summed E-state index contributed by atoms with van der Waals surface area (Å²) in [6, 6.07) is 0. The Morgan fingerprint density at radius 3 is 1.14 bits per heavy atom. The molecular weight excluding hydrogens is 721 g/mol. The summed E-state index contributed by atoms with van der Waals surface area (Å²) in [4.78, 5) is 37.6. The first kappa shape index (κ1) is 54.6. The highest BCUT2D eigenvalue weighted by Gasteiger charge is 2.19. The molecule has 330 valence electrons. The predicted molar refractivity (Wildman–Crippen MR) is 247 cm³/mol. The minimum Gasteiger partial charge on any atom is -0.462 e. The fraction of sp³-hybridized carbons (Fsp3) is 0.673. The molecular formula is C52H86O6. The van der Waals surface area contributed by atoms with Crippen LogP contribution in [0.3, 0.4) is 0 Å². The summed E-state index contributed by atoms with van der Waals surface area (Å²) in [6.45, 7) is 6.36. The highest BCUT2D eigenvalue weighted by Crippen LogP contribution is 2.13. The van der Waals surface area contributed by atoms with Crippen molar-refractivity contribution in [2.75, 3.05) is 13.2 Å². The fourth-order valence-electron chi connectivity index (χ4n) is 6.09. The number of hydrogen-bond acceptors (Lipinski definition) is 6. The molecule has 1 atom stereocenters. The number of hydrogen-bond donors (Lipinski definition) is 0. The monoisotopic (exact) mass is 807 g/mol. The van der Waals surface area contributed by atoms with Crippen molar-refractivity contribution in [3.63, 3.8) is 0 Å². The molecule has 1 unspecified atom stereocenters. The van der Waals surface area contributed by atoms with E-state index in [1.807, 2.05) is 0 Å². The van der Waals surface area contributed by atoms with Gasteiger partial charge < -0.3 is 14.2 Å². The molecule has 0 aliphatic carbocycles.